The number of halogens is 2. The SMILES string of the molecule is CC1=Cc2c(-c3ccc(C)cc3)cccc2[CH]1[Zr]([Cl])([Cl])([CH]1C(C)=Cc2c(-c3ccc(C)cc3)cccc21)[GeH]([CH3])[CH3]. The van der Waals surface area contributed by atoms with E-state index in [0.29, 0.717) is 0 Å². The second-order valence-electron chi connectivity index (χ2n) is 12.4. The summed E-state index contributed by atoms with van der Waals surface area (Å²) in [5, 5.41) is 0. The van der Waals surface area contributed by atoms with Gasteiger partial charge in [-0.2, -0.15) is 0 Å². The molecule has 0 bridgehead atoms. The van der Waals surface area contributed by atoms with Crippen LogP contribution in [0, 0.1) is 13.8 Å². The third-order valence-electron chi connectivity index (χ3n) is 9.49. The van der Waals surface area contributed by atoms with Crippen LogP contribution in [0.25, 0.3) is 34.4 Å². The van der Waals surface area contributed by atoms with Crippen molar-refractivity contribution < 1.29 is 13.9 Å². The Morgan fingerprint density at radius 3 is 1.27 bits per heavy atom. The van der Waals surface area contributed by atoms with Gasteiger partial charge in [-0.15, -0.1) is 0 Å². The first-order valence-corrected chi connectivity index (χ1v) is 36.9. The molecule has 0 saturated carbocycles. The molecule has 0 fully saturated rings. The number of allylic oxidation sites excluding steroid dienone is 2. The van der Waals surface area contributed by atoms with Gasteiger partial charge in [0.1, 0.15) is 0 Å². The number of rotatable bonds is 5. The van der Waals surface area contributed by atoms with Crippen molar-refractivity contribution in [3.05, 3.63) is 129 Å². The van der Waals surface area contributed by atoms with E-state index in [-0.39, 0.29) is 7.25 Å². The number of hydrogen-bond donors (Lipinski definition) is 0. The molecule has 2 atom stereocenters. The van der Waals surface area contributed by atoms with Gasteiger partial charge in [0.25, 0.3) is 0 Å². The average Bonchev–Trinajstić information content (AvgIpc) is 3.46. The summed E-state index contributed by atoms with van der Waals surface area (Å²) in [6, 6.07) is 31.3. The molecular formula is C36H37Cl2GeZr. The molecule has 2 aliphatic rings. The van der Waals surface area contributed by atoms with Crippen LogP contribution in [0.15, 0.2) is 96.1 Å². The summed E-state index contributed by atoms with van der Waals surface area (Å²) in [5.74, 6) is 4.92. The summed E-state index contributed by atoms with van der Waals surface area (Å²) < 4.78 is 0.264. The first-order chi connectivity index (χ1) is 19.0. The van der Waals surface area contributed by atoms with Gasteiger partial charge in [0, 0.05) is 0 Å². The van der Waals surface area contributed by atoms with Crippen molar-refractivity contribution in [3.8, 4) is 22.3 Å². The van der Waals surface area contributed by atoms with Crippen molar-refractivity contribution in [3.63, 3.8) is 0 Å². The third kappa shape index (κ3) is 4.34. The second kappa shape index (κ2) is 10.3. The molecule has 6 rings (SSSR count). The molecule has 4 heteroatoms. The van der Waals surface area contributed by atoms with Crippen molar-refractivity contribution in [1.82, 2.24) is 0 Å². The van der Waals surface area contributed by atoms with Crippen LogP contribution >= 0.6 is 17.0 Å². The number of aryl methyl sites for hydroxylation is 2. The van der Waals surface area contributed by atoms with Crippen LogP contribution in [0.2, 0.25) is 11.5 Å². The van der Waals surface area contributed by atoms with E-state index >= 15 is 0 Å². The molecule has 0 heterocycles. The van der Waals surface area contributed by atoms with E-state index in [4.69, 9.17) is 17.0 Å². The third-order valence-corrected chi connectivity index (χ3v) is 91.8. The maximum atomic E-state index is 8.40. The Morgan fingerprint density at radius 2 is 0.925 bits per heavy atom. The van der Waals surface area contributed by atoms with E-state index in [2.05, 4.69) is 136 Å². The Kier molecular flexibility index (Phi) is 7.31. The molecule has 0 saturated heterocycles. The van der Waals surface area contributed by atoms with Crippen molar-refractivity contribution in [2.24, 2.45) is 0 Å². The maximum absolute atomic E-state index is 8.40. The Bertz CT molecular complexity index is 1570. The summed E-state index contributed by atoms with van der Waals surface area (Å²) in [6.07, 6.45) is 4.80. The van der Waals surface area contributed by atoms with Crippen LogP contribution in [0.1, 0.15) is 54.5 Å². The quantitative estimate of drug-likeness (QED) is 0.182. The molecule has 2 unspecified atom stereocenters. The van der Waals surface area contributed by atoms with Gasteiger partial charge < -0.3 is 0 Å². The van der Waals surface area contributed by atoms with E-state index in [1.807, 2.05) is 0 Å². The number of benzene rings is 4. The molecule has 0 amide bonds. The van der Waals surface area contributed by atoms with Gasteiger partial charge in [0.05, 0.1) is 0 Å². The predicted molar refractivity (Wildman–Crippen MR) is 177 cm³/mol. The van der Waals surface area contributed by atoms with Gasteiger partial charge in [0.2, 0.25) is 0 Å². The Morgan fingerprint density at radius 1 is 0.550 bits per heavy atom. The van der Waals surface area contributed by atoms with Crippen LogP contribution in [0.4, 0.5) is 0 Å². The standard InChI is InChI=1S/2C17H15.C2H7Ge.2ClH.Zr/c2*1-12-6-8-14(9-7-12)16-5-3-4-15-10-13(2)11-17(15)16;1-3-2;;;/h2*3-11H,1-2H3;3H,1-2H3;2*1H;/q;;;;;+2/p-2. The predicted octanol–water partition coefficient (Wildman–Crippen LogP) is 11.2. The number of fused-ring (bicyclic) bond motifs is 2. The molecule has 0 N–H and O–H groups in total. The van der Waals surface area contributed by atoms with E-state index in [9.17, 15) is 0 Å². The van der Waals surface area contributed by atoms with Crippen LogP contribution < -0.4 is 0 Å². The molecule has 0 aliphatic heterocycles. The minimum absolute atomic E-state index is 0.132. The van der Waals surface area contributed by atoms with Crippen LogP contribution in [-0.4, -0.2) is 10.6 Å². The monoisotopic (exact) mass is 703 g/mol. The van der Waals surface area contributed by atoms with Crippen molar-refractivity contribution in [2.45, 2.75) is 46.5 Å². The second-order valence-corrected chi connectivity index (χ2v) is 76.5. The fourth-order valence-corrected chi connectivity index (χ4v) is 54.7. The zero-order valence-electron chi connectivity index (χ0n) is 24.2. The van der Waals surface area contributed by atoms with E-state index in [1.165, 1.54) is 66.8 Å². The molecule has 4 aromatic rings. The van der Waals surface area contributed by atoms with Crippen molar-refractivity contribution in [2.75, 3.05) is 0 Å². The summed E-state index contributed by atoms with van der Waals surface area (Å²) in [7, 11) is 14.7. The normalized spacial score (nSPS) is 19.1. The number of hydrogen-bond acceptors (Lipinski definition) is 0. The topological polar surface area (TPSA) is 0 Å². The average molecular weight is 704 g/mol. The molecule has 0 nitrogen and oxygen atoms in total. The molecule has 203 valence electrons. The zero-order chi connectivity index (χ0) is 28.4. The van der Waals surface area contributed by atoms with Crippen LogP contribution in [0.3, 0.4) is 0 Å². The summed E-state index contributed by atoms with van der Waals surface area (Å²) >= 11 is -4.61. The molecule has 0 aromatic heterocycles. The molecule has 40 heavy (non-hydrogen) atoms. The van der Waals surface area contributed by atoms with E-state index in [1.54, 1.807) is 0 Å². The summed E-state index contributed by atoms with van der Waals surface area (Å²) in [5.41, 5.74) is 15.6. The van der Waals surface area contributed by atoms with Gasteiger partial charge in [-0.25, -0.2) is 0 Å². The Labute approximate surface area is 249 Å². The molecule has 2 aliphatic carbocycles. The Hall–Kier alpha value is -1.63. The fourth-order valence-electron chi connectivity index (χ4n) is 7.37. The Balaban J connectivity index is 1.54. The van der Waals surface area contributed by atoms with Crippen molar-refractivity contribution in [1.29, 1.82) is 0 Å². The van der Waals surface area contributed by atoms with E-state index < -0.39 is 24.4 Å². The van der Waals surface area contributed by atoms with Crippen LogP contribution in [0.5, 0.6) is 0 Å². The van der Waals surface area contributed by atoms with Gasteiger partial charge in [-0.3, -0.25) is 0 Å². The van der Waals surface area contributed by atoms with Gasteiger partial charge in [-0.05, 0) is 0 Å². The first kappa shape index (κ1) is 28.5. The van der Waals surface area contributed by atoms with Crippen LogP contribution in [-0.2, 0) is 13.9 Å². The minimum atomic E-state index is -4.61. The molecular weight excluding hydrogens is 667 g/mol. The zero-order valence-corrected chi connectivity index (χ0v) is 30.6. The van der Waals surface area contributed by atoms with Gasteiger partial charge >= 0.3 is 252 Å². The van der Waals surface area contributed by atoms with Crippen molar-refractivity contribution >= 4 is 39.7 Å². The summed E-state index contributed by atoms with van der Waals surface area (Å²) in [6.45, 7) is 8.84. The van der Waals surface area contributed by atoms with E-state index in [0.717, 1.165) is 0 Å². The summed E-state index contributed by atoms with van der Waals surface area (Å²) in [4.78, 5) is 0. The molecule has 0 spiro atoms. The molecule has 0 radical (unpaired) electrons. The molecule has 4 aromatic carbocycles. The van der Waals surface area contributed by atoms with Gasteiger partial charge in [0.15, 0.2) is 0 Å². The van der Waals surface area contributed by atoms with Gasteiger partial charge in [-0.1, -0.05) is 0 Å². The fraction of sp³-hybridized carbons (Fsp3) is 0.222. The first-order valence-electron chi connectivity index (χ1n) is 14.3.